The van der Waals surface area contributed by atoms with Gasteiger partial charge in [0.05, 0.1) is 12.0 Å². The number of aliphatic hydroxyl groups is 1. The third kappa shape index (κ3) is 5.54. The average molecular weight is 408 g/mol. The Morgan fingerprint density at radius 2 is 1.96 bits per heavy atom. The van der Waals surface area contributed by atoms with Crippen molar-refractivity contribution in [3.05, 3.63) is 58.9 Å². The maximum atomic E-state index is 13.0. The number of rotatable bonds is 8. The molecule has 0 bridgehead atoms. The first-order valence-electron chi connectivity index (χ1n) is 7.56. The Morgan fingerprint density at radius 1 is 1.26 bits per heavy atom. The van der Waals surface area contributed by atoms with E-state index in [1.807, 2.05) is 0 Å². The van der Waals surface area contributed by atoms with E-state index < -0.39 is 36.3 Å². The Balaban J connectivity index is 2.20. The molecular weight excluding hydrogens is 394 g/mol. The van der Waals surface area contributed by atoms with Crippen molar-refractivity contribution in [3.8, 4) is 5.75 Å². The number of carbonyl (C=O) groups is 1. The van der Waals surface area contributed by atoms with Crippen molar-refractivity contribution < 1.29 is 37.3 Å². The zero-order chi connectivity index (χ0) is 20.2. The highest BCUT2D eigenvalue weighted by molar-refractivity contribution is 6.29. The van der Waals surface area contributed by atoms with E-state index in [-0.39, 0.29) is 22.7 Å². The fourth-order valence-corrected chi connectivity index (χ4v) is 2.43. The molecule has 27 heavy (non-hydrogen) atoms. The molecule has 0 aliphatic heterocycles. The molecular formula is C17H14ClF4NO4. The van der Waals surface area contributed by atoms with Crippen LogP contribution in [0.2, 0.25) is 5.15 Å². The molecule has 1 aromatic carbocycles. The number of nitrogens with zero attached hydrogens (tertiary/aromatic N) is 1. The number of aliphatic hydroxyl groups excluding tert-OH is 1. The summed E-state index contributed by atoms with van der Waals surface area (Å²) in [5.41, 5.74) is 0.398. The number of ether oxygens (including phenoxy) is 1. The van der Waals surface area contributed by atoms with Crippen LogP contribution in [0.15, 0.2) is 42.6 Å². The Kier molecular flexibility index (Phi) is 6.61. The highest BCUT2D eigenvalue weighted by Crippen LogP contribution is 2.30. The topological polar surface area (TPSA) is 79.7 Å². The first-order chi connectivity index (χ1) is 12.6. The van der Waals surface area contributed by atoms with Crippen LogP contribution in [0.4, 0.5) is 17.6 Å². The number of carboxylic acids is 1. The van der Waals surface area contributed by atoms with Crippen molar-refractivity contribution in [1.82, 2.24) is 4.98 Å². The Bertz CT molecular complexity index is 789. The standard InChI is InChI=1S/C17H14ClF4NO4/c18-13-5-4-10(8-23-13)14(24)12(15(25)26)7-9-2-1-3-11(6-9)27-17(21,22)16(19)20/h1-6,8,12,14,16,24H,7H2,(H,25,26). The van der Waals surface area contributed by atoms with Crippen LogP contribution < -0.4 is 4.74 Å². The highest BCUT2D eigenvalue weighted by atomic mass is 35.5. The van der Waals surface area contributed by atoms with Gasteiger partial charge in [-0.2, -0.15) is 17.6 Å². The van der Waals surface area contributed by atoms with E-state index in [0.717, 1.165) is 12.1 Å². The van der Waals surface area contributed by atoms with E-state index >= 15 is 0 Å². The molecule has 2 aromatic rings. The van der Waals surface area contributed by atoms with Crippen LogP contribution >= 0.6 is 11.6 Å². The molecule has 10 heteroatoms. The van der Waals surface area contributed by atoms with E-state index in [1.54, 1.807) is 0 Å². The molecule has 0 fully saturated rings. The first kappa shape index (κ1) is 20.9. The van der Waals surface area contributed by atoms with Crippen molar-refractivity contribution in [2.75, 3.05) is 0 Å². The number of halogens is 5. The number of pyridine rings is 1. The molecule has 0 amide bonds. The fourth-order valence-electron chi connectivity index (χ4n) is 2.32. The number of hydrogen-bond donors (Lipinski definition) is 2. The second kappa shape index (κ2) is 8.53. The molecule has 2 unspecified atom stereocenters. The number of carboxylic acid groups (broad SMARTS) is 1. The van der Waals surface area contributed by atoms with Crippen LogP contribution in [0, 0.1) is 5.92 Å². The maximum Gasteiger partial charge on any atom is 0.461 e. The maximum absolute atomic E-state index is 13.0. The molecule has 2 atom stereocenters. The summed E-state index contributed by atoms with van der Waals surface area (Å²) in [6.07, 6.45) is -9.21. The number of aromatic nitrogens is 1. The molecule has 1 heterocycles. The van der Waals surface area contributed by atoms with Crippen molar-refractivity contribution in [3.63, 3.8) is 0 Å². The minimum atomic E-state index is -4.68. The lowest BCUT2D eigenvalue weighted by Gasteiger charge is -2.20. The molecule has 146 valence electrons. The Hall–Kier alpha value is -2.39. The quantitative estimate of drug-likeness (QED) is 0.511. The van der Waals surface area contributed by atoms with Gasteiger partial charge in [0.2, 0.25) is 0 Å². The van der Waals surface area contributed by atoms with Crippen molar-refractivity contribution in [2.45, 2.75) is 25.1 Å². The monoisotopic (exact) mass is 407 g/mol. The zero-order valence-corrected chi connectivity index (χ0v) is 14.3. The van der Waals surface area contributed by atoms with Crippen molar-refractivity contribution >= 4 is 17.6 Å². The average Bonchev–Trinajstić information content (AvgIpc) is 2.59. The van der Waals surface area contributed by atoms with Crippen molar-refractivity contribution in [2.24, 2.45) is 5.92 Å². The summed E-state index contributed by atoms with van der Waals surface area (Å²) in [5, 5.41) is 19.9. The van der Waals surface area contributed by atoms with Crippen LogP contribution in [0.25, 0.3) is 0 Å². The van der Waals surface area contributed by atoms with Crippen LogP contribution in [-0.2, 0) is 11.2 Å². The van der Waals surface area contributed by atoms with Gasteiger partial charge in [-0.05, 0) is 35.7 Å². The van der Waals surface area contributed by atoms with E-state index in [4.69, 9.17) is 11.6 Å². The second-order valence-electron chi connectivity index (χ2n) is 5.62. The van der Waals surface area contributed by atoms with Crippen LogP contribution in [-0.4, -0.2) is 33.7 Å². The lowest BCUT2D eigenvalue weighted by atomic mass is 9.90. The van der Waals surface area contributed by atoms with Crippen molar-refractivity contribution in [1.29, 1.82) is 0 Å². The summed E-state index contributed by atoms with van der Waals surface area (Å²) in [5.74, 6) is -3.25. The molecule has 0 saturated heterocycles. The lowest BCUT2D eigenvalue weighted by Crippen LogP contribution is -2.33. The van der Waals surface area contributed by atoms with Gasteiger partial charge in [0.1, 0.15) is 10.9 Å². The van der Waals surface area contributed by atoms with Gasteiger partial charge in [-0.25, -0.2) is 4.98 Å². The largest absolute Gasteiger partial charge is 0.481 e. The van der Waals surface area contributed by atoms with Crippen LogP contribution in [0.5, 0.6) is 5.75 Å². The lowest BCUT2D eigenvalue weighted by molar-refractivity contribution is -0.253. The van der Waals surface area contributed by atoms with Gasteiger partial charge in [0, 0.05) is 6.20 Å². The summed E-state index contributed by atoms with van der Waals surface area (Å²) in [6, 6.07) is 7.48. The summed E-state index contributed by atoms with van der Waals surface area (Å²) in [7, 11) is 0. The number of alkyl halides is 4. The molecule has 0 aliphatic rings. The molecule has 0 saturated carbocycles. The number of hydrogen-bond acceptors (Lipinski definition) is 4. The normalized spacial score (nSPS) is 14.0. The van der Waals surface area contributed by atoms with Gasteiger partial charge < -0.3 is 14.9 Å². The minimum Gasteiger partial charge on any atom is -0.481 e. The van der Waals surface area contributed by atoms with Gasteiger partial charge in [-0.1, -0.05) is 29.8 Å². The third-order valence-electron chi connectivity index (χ3n) is 3.65. The van der Waals surface area contributed by atoms with E-state index in [9.17, 15) is 32.6 Å². The molecule has 2 N–H and O–H groups in total. The molecule has 1 aromatic heterocycles. The SMILES string of the molecule is O=C(O)C(Cc1cccc(OC(F)(F)C(F)F)c1)C(O)c1ccc(Cl)nc1. The number of benzene rings is 1. The second-order valence-corrected chi connectivity index (χ2v) is 6.01. The van der Waals surface area contributed by atoms with E-state index in [1.165, 1.54) is 30.5 Å². The zero-order valence-electron chi connectivity index (χ0n) is 13.5. The fraction of sp³-hybridized carbons (Fsp3) is 0.294. The van der Waals surface area contributed by atoms with E-state index in [0.29, 0.717) is 0 Å². The van der Waals surface area contributed by atoms with Gasteiger partial charge >= 0.3 is 18.5 Å². The summed E-state index contributed by atoms with van der Waals surface area (Å²) in [4.78, 5) is 15.3. The first-order valence-corrected chi connectivity index (χ1v) is 7.94. The third-order valence-corrected chi connectivity index (χ3v) is 3.88. The molecule has 5 nitrogen and oxygen atoms in total. The van der Waals surface area contributed by atoms with Crippen LogP contribution in [0.1, 0.15) is 17.2 Å². The van der Waals surface area contributed by atoms with Gasteiger partial charge in [0.25, 0.3) is 0 Å². The van der Waals surface area contributed by atoms with E-state index in [2.05, 4.69) is 9.72 Å². The van der Waals surface area contributed by atoms with Crippen LogP contribution in [0.3, 0.4) is 0 Å². The molecule has 0 aliphatic carbocycles. The molecule has 0 spiro atoms. The van der Waals surface area contributed by atoms with Gasteiger partial charge in [-0.15, -0.1) is 0 Å². The summed E-state index contributed by atoms with van der Waals surface area (Å²) >= 11 is 5.64. The highest BCUT2D eigenvalue weighted by Gasteiger charge is 2.44. The predicted octanol–water partition coefficient (Wildman–Crippen LogP) is 3.95. The predicted molar refractivity (Wildman–Crippen MR) is 87.1 cm³/mol. The van der Waals surface area contributed by atoms with Gasteiger partial charge in [-0.3, -0.25) is 4.79 Å². The summed E-state index contributed by atoms with van der Waals surface area (Å²) in [6.45, 7) is 0. The molecule has 2 rings (SSSR count). The van der Waals surface area contributed by atoms with Gasteiger partial charge in [0.15, 0.2) is 0 Å². The Labute approximate surface area is 156 Å². The minimum absolute atomic E-state index is 0.155. The smallest absolute Gasteiger partial charge is 0.461 e. The Morgan fingerprint density at radius 3 is 2.52 bits per heavy atom. The number of aliphatic carboxylic acids is 1. The molecule has 0 radical (unpaired) electrons. The summed E-state index contributed by atoms with van der Waals surface area (Å²) < 4.78 is 54.5.